The van der Waals surface area contributed by atoms with E-state index >= 15 is 0 Å². The molecule has 0 aromatic heterocycles. The summed E-state index contributed by atoms with van der Waals surface area (Å²) in [5.74, 6) is -0.247. The van der Waals surface area contributed by atoms with E-state index in [0.29, 0.717) is 12.3 Å². The highest BCUT2D eigenvalue weighted by atomic mass is 16.8. The van der Waals surface area contributed by atoms with E-state index in [1.54, 1.807) is 6.92 Å². The van der Waals surface area contributed by atoms with Crippen molar-refractivity contribution in [2.24, 2.45) is 16.7 Å². The third-order valence-electron chi connectivity index (χ3n) is 6.40. The first-order chi connectivity index (χ1) is 9.40. The number of hydrogen-bond donors (Lipinski definition) is 2. The van der Waals surface area contributed by atoms with E-state index in [1.165, 1.54) is 0 Å². The Bertz CT molecular complexity index is 442. The monoisotopic (exact) mass is 298 g/mol. The van der Waals surface area contributed by atoms with Crippen molar-refractivity contribution in [1.29, 1.82) is 0 Å². The lowest BCUT2D eigenvalue weighted by Crippen LogP contribution is -2.66. The van der Waals surface area contributed by atoms with Crippen LogP contribution in [0.25, 0.3) is 0 Å². The fourth-order valence-corrected chi connectivity index (χ4v) is 5.53. The molecule has 0 unspecified atom stereocenters. The maximum absolute atomic E-state index is 10.8. The van der Waals surface area contributed by atoms with E-state index in [0.717, 1.165) is 12.8 Å². The van der Waals surface area contributed by atoms with Crippen LogP contribution in [0.2, 0.25) is 0 Å². The summed E-state index contributed by atoms with van der Waals surface area (Å²) in [6.45, 7) is 12.2. The summed E-state index contributed by atoms with van der Waals surface area (Å²) in [6.07, 6.45) is 1.61. The van der Waals surface area contributed by atoms with Crippen molar-refractivity contribution >= 4 is 0 Å². The van der Waals surface area contributed by atoms with Gasteiger partial charge < -0.3 is 19.7 Å². The predicted octanol–water partition coefficient (Wildman–Crippen LogP) is 2.46. The summed E-state index contributed by atoms with van der Waals surface area (Å²) >= 11 is 0. The lowest BCUT2D eigenvalue weighted by atomic mass is 9.47. The zero-order chi connectivity index (χ0) is 15.8. The number of aliphatic hydroxyl groups excluding tert-OH is 1. The number of hydrogen-bond acceptors (Lipinski definition) is 4. The summed E-state index contributed by atoms with van der Waals surface area (Å²) in [5, 5.41) is 21.4. The average molecular weight is 298 g/mol. The molecule has 0 spiro atoms. The molecule has 3 rings (SSSR count). The molecule has 0 amide bonds. The first-order valence-electron chi connectivity index (χ1n) is 8.16. The first kappa shape index (κ1) is 15.7. The zero-order valence-corrected chi connectivity index (χ0v) is 14.1. The third kappa shape index (κ3) is 2.10. The van der Waals surface area contributed by atoms with E-state index in [9.17, 15) is 10.2 Å². The molecule has 0 aromatic carbocycles. The van der Waals surface area contributed by atoms with Crippen molar-refractivity contribution in [1.82, 2.24) is 0 Å². The van der Waals surface area contributed by atoms with E-state index in [-0.39, 0.29) is 23.0 Å². The Morgan fingerprint density at radius 1 is 1.00 bits per heavy atom. The quantitative estimate of drug-likeness (QED) is 0.721. The van der Waals surface area contributed by atoms with Crippen molar-refractivity contribution < 1.29 is 19.7 Å². The van der Waals surface area contributed by atoms with Crippen LogP contribution in [0.3, 0.4) is 0 Å². The maximum Gasteiger partial charge on any atom is 0.163 e. The van der Waals surface area contributed by atoms with Crippen LogP contribution in [0.4, 0.5) is 0 Å². The molecule has 0 aromatic rings. The van der Waals surface area contributed by atoms with Gasteiger partial charge in [0.2, 0.25) is 0 Å². The molecule has 2 aliphatic carbocycles. The fraction of sp³-hybridized carbons (Fsp3) is 1.00. The van der Waals surface area contributed by atoms with Gasteiger partial charge in [-0.25, -0.2) is 0 Å². The van der Waals surface area contributed by atoms with Gasteiger partial charge in [-0.2, -0.15) is 0 Å². The van der Waals surface area contributed by atoms with Gasteiger partial charge in [0.25, 0.3) is 0 Å². The van der Waals surface area contributed by atoms with Gasteiger partial charge in [0.1, 0.15) is 0 Å². The number of fused-ring (bicyclic) bond motifs is 2. The molecule has 2 saturated carbocycles. The van der Waals surface area contributed by atoms with Gasteiger partial charge >= 0.3 is 0 Å². The van der Waals surface area contributed by atoms with Crippen LogP contribution in [0.1, 0.15) is 60.8 Å². The van der Waals surface area contributed by atoms with Crippen LogP contribution in [-0.4, -0.2) is 39.9 Å². The molecule has 1 aliphatic heterocycles. The lowest BCUT2D eigenvalue weighted by molar-refractivity contribution is -0.229. The minimum Gasteiger partial charge on any atom is -0.390 e. The van der Waals surface area contributed by atoms with Crippen molar-refractivity contribution in [2.45, 2.75) is 90.5 Å². The van der Waals surface area contributed by atoms with Gasteiger partial charge in [-0.15, -0.1) is 0 Å². The van der Waals surface area contributed by atoms with Crippen molar-refractivity contribution in [3.05, 3.63) is 0 Å². The number of aliphatic hydroxyl groups is 2. The average Bonchev–Trinajstić information content (AvgIpc) is 2.61. The molecule has 0 bridgehead atoms. The second-order valence-electron chi connectivity index (χ2n) is 8.98. The molecule has 6 atom stereocenters. The van der Waals surface area contributed by atoms with Crippen molar-refractivity contribution in [3.63, 3.8) is 0 Å². The van der Waals surface area contributed by atoms with E-state index in [4.69, 9.17) is 9.47 Å². The van der Waals surface area contributed by atoms with Crippen molar-refractivity contribution in [2.75, 3.05) is 0 Å². The Morgan fingerprint density at radius 2 is 1.62 bits per heavy atom. The van der Waals surface area contributed by atoms with Gasteiger partial charge in [0.15, 0.2) is 5.79 Å². The summed E-state index contributed by atoms with van der Waals surface area (Å²) in [7, 11) is 0. The standard InChI is InChI=1S/C17H30O4/c1-14(2)11-7-8-17(6,19)13(18)16(11,5)9-10-12(14)21-15(3,4)20-10/h10-13,18-19H,7-9H2,1-6H3/t10-,11+,12+,13-,16+,17+/m1/s1. The Kier molecular flexibility index (Phi) is 3.16. The molecule has 3 aliphatic rings. The topological polar surface area (TPSA) is 58.9 Å². The van der Waals surface area contributed by atoms with E-state index in [2.05, 4.69) is 20.8 Å². The largest absolute Gasteiger partial charge is 0.390 e. The molecule has 1 heterocycles. The predicted molar refractivity (Wildman–Crippen MR) is 79.7 cm³/mol. The summed E-state index contributed by atoms with van der Waals surface area (Å²) in [6, 6.07) is 0. The highest BCUT2D eigenvalue weighted by Crippen LogP contribution is 2.62. The van der Waals surface area contributed by atoms with Crippen LogP contribution < -0.4 is 0 Å². The molecule has 4 heteroatoms. The third-order valence-corrected chi connectivity index (χ3v) is 6.40. The van der Waals surface area contributed by atoms with Gasteiger partial charge in [-0.3, -0.25) is 0 Å². The van der Waals surface area contributed by atoms with Crippen LogP contribution in [0, 0.1) is 16.7 Å². The summed E-state index contributed by atoms with van der Waals surface area (Å²) in [4.78, 5) is 0. The Hall–Kier alpha value is -0.160. The molecule has 2 N–H and O–H groups in total. The van der Waals surface area contributed by atoms with Gasteiger partial charge in [0.05, 0.1) is 23.9 Å². The van der Waals surface area contributed by atoms with Crippen LogP contribution in [-0.2, 0) is 9.47 Å². The summed E-state index contributed by atoms with van der Waals surface area (Å²) < 4.78 is 12.3. The Morgan fingerprint density at radius 3 is 2.24 bits per heavy atom. The Labute approximate surface area is 127 Å². The minimum absolute atomic E-state index is 0.0141. The molecule has 4 nitrogen and oxygen atoms in total. The molecule has 122 valence electrons. The maximum atomic E-state index is 10.8. The Balaban J connectivity index is 2.00. The second-order valence-corrected chi connectivity index (χ2v) is 8.98. The SMILES string of the molecule is CC1(C)O[C@@H]2C[C@]3(C)[C@@H](O)[C@@](C)(O)CC[C@H]3C(C)(C)[C@H]2O1. The second kappa shape index (κ2) is 4.22. The number of rotatable bonds is 0. The van der Waals surface area contributed by atoms with Crippen LogP contribution >= 0.6 is 0 Å². The van der Waals surface area contributed by atoms with E-state index < -0.39 is 17.5 Å². The van der Waals surface area contributed by atoms with E-state index in [1.807, 2.05) is 13.8 Å². The normalized spacial score (nSPS) is 54.9. The summed E-state index contributed by atoms with van der Waals surface area (Å²) in [5.41, 5.74) is -1.43. The fourth-order valence-electron chi connectivity index (χ4n) is 5.53. The smallest absolute Gasteiger partial charge is 0.163 e. The zero-order valence-electron chi connectivity index (χ0n) is 14.1. The minimum atomic E-state index is -1.01. The molecular formula is C17H30O4. The molecule has 1 saturated heterocycles. The highest BCUT2D eigenvalue weighted by molar-refractivity contribution is 5.14. The lowest BCUT2D eigenvalue weighted by Gasteiger charge is -2.61. The van der Waals surface area contributed by atoms with Crippen LogP contribution in [0.5, 0.6) is 0 Å². The first-order valence-corrected chi connectivity index (χ1v) is 8.16. The van der Waals surface area contributed by atoms with Crippen LogP contribution in [0.15, 0.2) is 0 Å². The number of ether oxygens (including phenoxy) is 2. The molecule has 0 radical (unpaired) electrons. The van der Waals surface area contributed by atoms with Gasteiger partial charge in [-0.1, -0.05) is 20.8 Å². The van der Waals surface area contributed by atoms with Gasteiger partial charge in [-0.05, 0) is 51.4 Å². The molecular weight excluding hydrogens is 268 g/mol. The highest BCUT2D eigenvalue weighted by Gasteiger charge is 2.66. The van der Waals surface area contributed by atoms with Gasteiger partial charge in [0, 0.05) is 5.41 Å². The van der Waals surface area contributed by atoms with Crippen molar-refractivity contribution in [3.8, 4) is 0 Å². The molecule has 21 heavy (non-hydrogen) atoms. The molecule has 3 fully saturated rings.